The van der Waals surface area contributed by atoms with Crippen LogP contribution < -0.4 is 15.8 Å². The van der Waals surface area contributed by atoms with E-state index in [1.165, 1.54) is 24.3 Å². The Labute approximate surface area is 135 Å². The van der Waals surface area contributed by atoms with Crippen LogP contribution in [0.3, 0.4) is 0 Å². The second-order valence-corrected chi connectivity index (χ2v) is 7.08. The molecule has 0 radical (unpaired) electrons. The molecule has 1 unspecified atom stereocenters. The van der Waals surface area contributed by atoms with Gasteiger partial charge < -0.3 is 10.4 Å². The van der Waals surface area contributed by atoms with Crippen LogP contribution in [0, 0.1) is 5.92 Å². The van der Waals surface area contributed by atoms with E-state index in [1.54, 1.807) is 0 Å². The van der Waals surface area contributed by atoms with Crippen LogP contribution in [0.15, 0.2) is 29.2 Å². The number of anilines is 1. The van der Waals surface area contributed by atoms with Gasteiger partial charge in [-0.15, -0.1) is 0 Å². The Bertz CT molecular complexity index is 655. The molecule has 1 atom stereocenters. The zero-order chi connectivity index (χ0) is 17.6. The number of sulfonamides is 1. The number of aliphatic carboxylic acids is 1. The molecule has 0 aromatic heterocycles. The summed E-state index contributed by atoms with van der Waals surface area (Å²) in [5.41, 5.74) is 0.389. The molecular weight excluding hydrogens is 322 g/mol. The van der Waals surface area contributed by atoms with E-state index in [9.17, 15) is 18.0 Å². The number of nitrogens with two attached hydrogens (primary N) is 1. The third kappa shape index (κ3) is 6.76. The van der Waals surface area contributed by atoms with Crippen molar-refractivity contribution in [3.63, 3.8) is 0 Å². The van der Waals surface area contributed by atoms with Crippen molar-refractivity contribution in [3.05, 3.63) is 24.3 Å². The second-order valence-electron chi connectivity index (χ2n) is 5.52. The third-order valence-electron chi connectivity index (χ3n) is 2.98. The van der Waals surface area contributed by atoms with Crippen LogP contribution >= 0.6 is 0 Å². The molecule has 1 rings (SSSR count). The number of hydrogen-bond donors (Lipinski definition) is 4. The maximum atomic E-state index is 11.8. The maximum Gasteiger partial charge on any atom is 0.320 e. The van der Waals surface area contributed by atoms with Gasteiger partial charge in [0.15, 0.2) is 0 Å². The van der Waals surface area contributed by atoms with Gasteiger partial charge in [0.2, 0.25) is 15.9 Å². The summed E-state index contributed by atoms with van der Waals surface area (Å²) in [4.78, 5) is 22.8. The predicted octanol–water partition coefficient (Wildman–Crippen LogP) is 0.361. The average Bonchev–Trinajstić information content (AvgIpc) is 2.42. The number of carboxylic acids is 1. The van der Waals surface area contributed by atoms with Gasteiger partial charge in [-0.25, -0.2) is 13.6 Å². The first-order valence-corrected chi connectivity index (χ1v) is 8.53. The molecule has 1 aromatic carbocycles. The number of rotatable bonds is 8. The van der Waals surface area contributed by atoms with E-state index in [0.717, 1.165) is 0 Å². The number of benzene rings is 1. The Kier molecular flexibility index (Phi) is 6.67. The number of carbonyl (C=O) groups excluding carboxylic acids is 1. The first-order chi connectivity index (χ1) is 10.6. The lowest BCUT2D eigenvalue weighted by Crippen LogP contribution is -2.42. The minimum Gasteiger partial charge on any atom is -0.480 e. The molecule has 0 spiro atoms. The van der Waals surface area contributed by atoms with Crippen molar-refractivity contribution in [1.82, 2.24) is 5.32 Å². The van der Waals surface area contributed by atoms with Crippen LogP contribution in [0.1, 0.15) is 20.3 Å². The zero-order valence-electron chi connectivity index (χ0n) is 12.9. The molecule has 0 aliphatic rings. The molecular formula is C14H21N3O5S. The fourth-order valence-electron chi connectivity index (χ4n) is 1.89. The Hall–Kier alpha value is -1.97. The fraction of sp³-hybridized carbons (Fsp3) is 0.429. The summed E-state index contributed by atoms with van der Waals surface area (Å²) >= 11 is 0. The minimum atomic E-state index is -3.78. The van der Waals surface area contributed by atoms with Crippen LogP contribution in [0.5, 0.6) is 0 Å². The molecule has 128 valence electrons. The van der Waals surface area contributed by atoms with Crippen LogP contribution in [0.2, 0.25) is 0 Å². The number of amides is 1. The predicted molar refractivity (Wildman–Crippen MR) is 85.3 cm³/mol. The standard InChI is InChI=1S/C14H21N3O5S/c1-9(2)7-12(14(19)20)16-8-13(18)17-10-3-5-11(6-4-10)23(15,21)22/h3-6,9,12,16H,7-8H2,1-2H3,(H,17,18)(H,19,20)(H2,15,21,22). The summed E-state index contributed by atoms with van der Waals surface area (Å²) in [5, 5.41) is 19.3. The highest BCUT2D eigenvalue weighted by Gasteiger charge is 2.19. The van der Waals surface area contributed by atoms with Gasteiger partial charge in [-0.2, -0.15) is 0 Å². The molecule has 8 nitrogen and oxygen atoms in total. The van der Waals surface area contributed by atoms with Crippen molar-refractivity contribution < 1.29 is 23.1 Å². The second kappa shape index (κ2) is 8.04. The molecule has 1 aromatic rings. The molecule has 0 aliphatic heterocycles. The Morgan fingerprint density at radius 1 is 1.22 bits per heavy atom. The molecule has 0 aliphatic carbocycles. The molecule has 23 heavy (non-hydrogen) atoms. The van der Waals surface area contributed by atoms with Gasteiger partial charge >= 0.3 is 5.97 Å². The molecule has 0 saturated carbocycles. The highest BCUT2D eigenvalue weighted by atomic mass is 32.2. The highest BCUT2D eigenvalue weighted by Crippen LogP contribution is 2.12. The monoisotopic (exact) mass is 343 g/mol. The summed E-state index contributed by atoms with van der Waals surface area (Å²) in [6.07, 6.45) is 0.408. The summed E-state index contributed by atoms with van der Waals surface area (Å²) in [5.74, 6) is -1.26. The number of carbonyl (C=O) groups is 2. The molecule has 0 heterocycles. The number of nitrogens with one attached hydrogen (secondary N) is 2. The van der Waals surface area contributed by atoms with Crippen LogP contribution in [0.25, 0.3) is 0 Å². The molecule has 0 bridgehead atoms. The van der Waals surface area contributed by atoms with Crippen LogP contribution in [0.4, 0.5) is 5.69 Å². The minimum absolute atomic E-state index is 0.0588. The Morgan fingerprint density at radius 3 is 2.22 bits per heavy atom. The van der Waals surface area contributed by atoms with Crippen LogP contribution in [-0.2, 0) is 19.6 Å². The van der Waals surface area contributed by atoms with E-state index in [4.69, 9.17) is 10.2 Å². The molecule has 5 N–H and O–H groups in total. The van der Waals surface area contributed by atoms with E-state index in [-0.39, 0.29) is 17.4 Å². The van der Waals surface area contributed by atoms with E-state index in [0.29, 0.717) is 12.1 Å². The van der Waals surface area contributed by atoms with E-state index in [2.05, 4.69) is 10.6 Å². The number of hydrogen-bond acceptors (Lipinski definition) is 5. The first-order valence-electron chi connectivity index (χ1n) is 6.98. The van der Waals surface area contributed by atoms with Crippen molar-refractivity contribution in [2.45, 2.75) is 31.2 Å². The lowest BCUT2D eigenvalue weighted by atomic mass is 10.0. The topological polar surface area (TPSA) is 139 Å². The van der Waals surface area contributed by atoms with Crippen molar-refractivity contribution in [3.8, 4) is 0 Å². The lowest BCUT2D eigenvalue weighted by Gasteiger charge is -2.16. The van der Waals surface area contributed by atoms with Gasteiger partial charge in [-0.1, -0.05) is 13.8 Å². The summed E-state index contributed by atoms with van der Waals surface area (Å²) < 4.78 is 22.2. The van der Waals surface area contributed by atoms with Crippen molar-refractivity contribution in [2.24, 2.45) is 11.1 Å². The van der Waals surface area contributed by atoms with E-state index < -0.39 is 27.9 Å². The summed E-state index contributed by atoms with van der Waals surface area (Å²) in [7, 11) is -3.78. The Morgan fingerprint density at radius 2 is 1.78 bits per heavy atom. The van der Waals surface area contributed by atoms with E-state index >= 15 is 0 Å². The highest BCUT2D eigenvalue weighted by molar-refractivity contribution is 7.89. The summed E-state index contributed by atoms with van der Waals surface area (Å²) in [6.45, 7) is 3.62. The quantitative estimate of drug-likeness (QED) is 0.537. The van der Waals surface area contributed by atoms with Crippen LogP contribution in [-0.4, -0.2) is 38.0 Å². The smallest absolute Gasteiger partial charge is 0.320 e. The zero-order valence-corrected chi connectivity index (χ0v) is 13.8. The normalized spacial score (nSPS) is 12.9. The van der Waals surface area contributed by atoms with Gasteiger partial charge in [0, 0.05) is 5.69 Å². The molecule has 1 amide bonds. The molecule has 0 saturated heterocycles. The number of primary sulfonamides is 1. The average molecular weight is 343 g/mol. The van der Waals surface area contributed by atoms with Crippen molar-refractivity contribution in [2.75, 3.05) is 11.9 Å². The van der Waals surface area contributed by atoms with E-state index in [1.807, 2.05) is 13.8 Å². The van der Waals surface area contributed by atoms with Gasteiger partial charge in [0.1, 0.15) is 6.04 Å². The van der Waals surface area contributed by atoms with Gasteiger partial charge in [-0.05, 0) is 36.6 Å². The number of carboxylic acid groups (broad SMARTS) is 1. The first kappa shape index (κ1) is 19.1. The summed E-state index contributed by atoms with van der Waals surface area (Å²) in [6, 6.07) is 4.56. The largest absolute Gasteiger partial charge is 0.480 e. The SMILES string of the molecule is CC(C)CC(NCC(=O)Nc1ccc(S(N)(=O)=O)cc1)C(=O)O. The molecule has 9 heteroatoms. The Balaban J connectivity index is 2.58. The maximum absolute atomic E-state index is 11.8. The van der Waals surface area contributed by atoms with Gasteiger partial charge in [-0.3, -0.25) is 14.9 Å². The van der Waals surface area contributed by atoms with Crippen molar-refractivity contribution >= 4 is 27.6 Å². The van der Waals surface area contributed by atoms with Crippen molar-refractivity contribution in [1.29, 1.82) is 0 Å². The van der Waals surface area contributed by atoms with Gasteiger partial charge in [0.05, 0.1) is 11.4 Å². The fourth-order valence-corrected chi connectivity index (χ4v) is 2.41. The lowest BCUT2D eigenvalue weighted by molar-refractivity contribution is -0.139. The van der Waals surface area contributed by atoms with Gasteiger partial charge in [0.25, 0.3) is 0 Å². The third-order valence-corrected chi connectivity index (χ3v) is 3.91. The molecule has 0 fully saturated rings.